The highest BCUT2D eigenvalue weighted by Gasteiger charge is 2.45. The standard InChI is InChI=1S/C9H15N3O3/c1-9(8(13)14)4-3-6(11-12-10)5-7(9)15-2/h6-7H,3-5H2,1-2H3,(H,13,14)/t6-,7+,9-/m0/s1. The first-order chi connectivity index (χ1) is 7.04. The second-order valence-corrected chi connectivity index (χ2v) is 4.08. The summed E-state index contributed by atoms with van der Waals surface area (Å²) in [4.78, 5) is 13.9. The van der Waals surface area contributed by atoms with Crippen LogP contribution in [0.15, 0.2) is 5.11 Å². The van der Waals surface area contributed by atoms with E-state index in [0.717, 1.165) is 0 Å². The fourth-order valence-electron chi connectivity index (χ4n) is 2.03. The number of carboxylic acids is 1. The maximum atomic E-state index is 11.1. The molecule has 0 aliphatic heterocycles. The van der Waals surface area contributed by atoms with E-state index in [1.54, 1.807) is 6.92 Å². The summed E-state index contributed by atoms with van der Waals surface area (Å²) in [5.74, 6) is -0.853. The highest BCUT2D eigenvalue weighted by Crippen LogP contribution is 2.39. The van der Waals surface area contributed by atoms with Crippen molar-refractivity contribution in [1.82, 2.24) is 0 Å². The quantitative estimate of drug-likeness (QED) is 0.441. The second kappa shape index (κ2) is 4.51. The van der Waals surface area contributed by atoms with Gasteiger partial charge in [-0.2, -0.15) is 0 Å². The van der Waals surface area contributed by atoms with Crippen molar-refractivity contribution in [1.29, 1.82) is 0 Å². The van der Waals surface area contributed by atoms with Crippen LogP contribution in [0.4, 0.5) is 0 Å². The summed E-state index contributed by atoms with van der Waals surface area (Å²) in [5.41, 5.74) is 7.45. The van der Waals surface area contributed by atoms with Crippen LogP contribution in [-0.2, 0) is 9.53 Å². The van der Waals surface area contributed by atoms with Crippen LogP contribution in [0.1, 0.15) is 26.2 Å². The fraction of sp³-hybridized carbons (Fsp3) is 0.889. The first-order valence-electron chi connectivity index (χ1n) is 4.85. The summed E-state index contributed by atoms with van der Waals surface area (Å²) in [7, 11) is 1.49. The summed E-state index contributed by atoms with van der Waals surface area (Å²) >= 11 is 0. The molecule has 1 N–H and O–H groups in total. The zero-order chi connectivity index (χ0) is 11.5. The van der Waals surface area contributed by atoms with Gasteiger partial charge in [-0.3, -0.25) is 4.79 Å². The molecule has 1 fully saturated rings. The Kier molecular flexibility index (Phi) is 3.55. The van der Waals surface area contributed by atoms with Crippen molar-refractivity contribution >= 4 is 5.97 Å². The van der Waals surface area contributed by atoms with Gasteiger partial charge in [0.1, 0.15) is 0 Å². The van der Waals surface area contributed by atoms with E-state index < -0.39 is 11.4 Å². The Morgan fingerprint density at radius 1 is 1.73 bits per heavy atom. The maximum absolute atomic E-state index is 11.1. The van der Waals surface area contributed by atoms with Crippen molar-refractivity contribution in [3.63, 3.8) is 0 Å². The number of carboxylic acid groups (broad SMARTS) is 1. The first-order valence-corrected chi connectivity index (χ1v) is 4.85. The van der Waals surface area contributed by atoms with Gasteiger partial charge in [0.2, 0.25) is 0 Å². The van der Waals surface area contributed by atoms with E-state index in [1.807, 2.05) is 0 Å². The molecule has 15 heavy (non-hydrogen) atoms. The number of nitrogens with zero attached hydrogens (tertiary/aromatic N) is 3. The van der Waals surface area contributed by atoms with Gasteiger partial charge >= 0.3 is 5.97 Å². The third-order valence-corrected chi connectivity index (χ3v) is 3.18. The zero-order valence-electron chi connectivity index (χ0n) is 8.88. The molecule has 0 unspecified atom stereocenters. The van der Waals surface area contributed by atoms with E-state index in [0.29, 0.717) is 19.3 Å². The highest BCUT2D eigenvalue weighted by molar-refractivity contribution is 5.75. The van der Waals surface area contributed by atoms with Crippen LogP contribution in [0.2, 0.25) is 0 Å². The molecule has 0 radical (unpaired) electrons. The SMILES string of the molecule is CO[C@@H]1C[C@@H](N=[N+]=[N-])CC[C@]1(C)C(=O)O. The Labute approximate surface area is 87.9 Å². The molecular formula is C9H15N3O3. The lowest BCUT2D eigenvalue weighted by Crippen LogP contribution is -2.46. The van der Waals surface area contributed by atoms with Gasteiger partial charge in [-0.25, -0.2) is 0 Å². The number of aliphatic carboxylic acids is 1. The van der Waals surface area contributed by atoms with Crippen LogP contribution >= 0.6 is 0 Å². The topological polar surface area (TPSA) is 95.3 Å². The lowest BCUT2D eigenvalue weighted by atomic mass is 9.72. The van der Waals surface area contributed by atoms with Gasteiger partial charge in [-0.15, -0.1) is 0 Å². The van der Waals surface area contributed by atoms with Gasteiger partial charge in [0.15, 0.2) is 0 Å². The van der Waals surface area contributed by atoms with E-state index in [4.69, 9.17) is 15.4 Å². The van der Waals surface area contributed by atoms with Gasteiger partial charge in [0.05, 0.1) is 11.5 Å². The summed E-state index contributed by atoms with van der Waals surface area (Å²) < 4.78 is 5.18. The lowest BCUT2D eigenvalue weighted by Gasteiger charge is -2.39. The van der Waals surface area contributed by atoms with E-state index in [-0.39, 0.29) is 12.1 Å². The molecule has 0 amide bonds. The molecule has 84 valence electrons. The van der Waals surface area contributed by atoms with Crippen LogP contribution in [-0.4, -0.2) is 30.3 Å². The number of hydrogen-bond donors (Lipinski definition) is 1. The molecule has 0 aromatic carbocycles. The lowest BCUT2D eigenvalue weighted by molar-refractivity contribution is -0.160. The number of azide groups is 1. The van der Waals surface area contributed by atoms with Crippen LogP contribution < -0.4 is 0 Å². The van der Waals surface area contributed by atoms with E-state index in [9.17, 15) is 4.79 Å². The summed E-state index contributed by atoms with van der Waals surface area (Å²) in [6.07, 6.45) is 1.17. The molecule has 1 aliphatic rings. The number of carbonyl (C=O) groups is 1. The van der Waals surface area contributed by atoms with Crippen molar-refractivity contribution in [3.05, 3.63) is 10.4 Å². The average molecular weight is 213 g/mol. The summed E-state index contributed by atoms with van der Waals surface area (Å²) in [6, 6.07) is -0.146. The molecule has 0 aromatic heterocycles. The Morgan fingerprint density at radius 3 is 2.87 bits per heavy atom. The molecule has 6 heteroatoms. The Bertz CT molecular complexity index is 301. The molecule has 0 bridgehead atoms. The van der Waals surface area contributed by atoms with Crippen molar-refractivity contribution in [2.45, 2.75) is 38.3 Å². The number of methoxy groups -OCH3 is 1. The van der Waals surface area contributed by atoms with Gasteiger partial charge in [0, 0.05) is 18.1 Å². The third-order valence-electron chi connectivity index (χ3n) is 3.18. The van der Waals surface area contributed by atoms with Gasteiger partial charge in [-0.05, 0) is 31.7 Å². The predicted molar refractivity (Wildman–Crippen MR) is 53.3 cm³/mol. The minimum absolute atomic E-state index is 0.146. The predicted octanol–water partition coefficient (Wildman–Crippen LogP) is 1.96. The van der Waals surface area contributed by atoms with Crippen LogP contribution in [0.25, 0.3) is 10.4 Å². The average Bonchev–Trinajstić information content (AvgIpc) is 2.21. The van der Waals surface area contributed by atoms with Gasteiger partial charge in [-0.1, -0.05) is 5.11 Å². The normalized spacial score (nSPS) is 35.6. The minimum Gasteiger partial charge on any atom is -0.481 e. The zero-order valence-corrected chi connectivity index (χ0v) is 8.88. The highest BCUT2D eigenvalue weighted by atomic mass is 16.5. The largest absolute Gasteiger partial charge is 0.481 e. The smallest absolute Gasteiger partial charge is 0.311 e. The maximum Gasteiger partial charge on any atom is 0.311 e. The number of ether oxygens (including phenoxy) is 1. The van der Waals surface area contributed by atoms with Crippen LogP contribution in [0.3, 0.4) is 0 Å². The third kappa shape index (κ3) is 2.22. The first kappa shape index (κ1) is 11.8. The fourth-order valence-corrected chi connectivity index (χ4v) is 2.03. The van der Waals surface area contributed by atoms with Gasteiger partial charge < -0.3 is 9.84 Å². The molecule has 1 saturated carbocycles. The van der Waals surface area contributed by atoms with Gasteiger partial charge in [0.25, 0.3) is 0 Å². The molecule has 3 atom stereocenters. The number of rotatable bonds is 3. The molecule has 6 nitrogen and oxygen atoms in total. The van der Waals surface area contributed by atoms with Crippen molar-refractivity contribution < 1.29 is 14.6 Å². The summed E-state index contributed by atoms with van der Waals surface area (Å²) in [5, 5.41) is 12.7. The van der Waals surface area contributed by atoms with E-state index in [1.165, 1.54) is 7.11 Å². The van der Waals surface area contributed by atoms with Crippen molar-refractivity contribution in [2.24, 2.45) is 10.5 Å². The molecule has 1 rings (SSSR count). The van der Waals surface area contributed by atoms with Crippen molar-refractivity contribution in [2.75, 3.05) is 7.11 Å². The monoisotopic (exact) mass is 213 g/mol. The van der Waals surface area contributed by atoms with E-state index >= 15 is 0 Å². The summed E-state index contributed by atoms with van der Waals surface area (Å²) in [6.45, 7) is 1.68. The molecule has 0 spiro atoms. The Morgan fingerprint density at radius 2 is 2.40 bits per heavy atom. The van der Waals surface area contributed by atoms with Crippen LogP contribution in [0, 0.1) is 5.41 Å². The van der Waals surface area contributed by atoms with E-state index in [2.05, 4.69) is 10.0 Å². The second-order valence-electron chi connectivity index (χ2n) is 4.08. The van der Waals surface area contributed by atoms with Crippen molar-refractivity contribution in [3.8, 4) is 0 Å². The Hall–Kier alpha value is -1.26. The molecule has 0 saturated heterocycles. The molecule has 1 aliphatic carbocycles. The Balaban J connectivity index is 2.81. The minimum atomic E-state index is -0.865. The van der Waals surface area contributed by atoms with Crippen LogP contribution in [0.5, 0.6) is 0 Å². The molecule has 0 aromatic rings. The molecular weight excluding hydrogens is 198 g/mol. The molecule has 0 heterocycles. The number of hydrogen-bond acceptors (Lipinski definition) is 3.